The lowest BCUT2D eigenvalue weighted by Gasteiger charge is -2.28. The number of halogens is 3. The summed E-state index contributed by atoms with van der Waals surface area (Å²) < 4.78 is 40.0. The van der Waals surface area contributed by atoms with Crippen LogP contribution >= 0.6 is 0 Å². The Morgan fingerprint density at radius 3 is 1.79 bits per heavy atom. The minimum absolute atomic E-state index is 0.0851. The average molecular weight is 218 g/mol. The Bertz CT molecular complexity index is 311. The molecule has 0 aliphatic rings. The molecule has 0 heterocycles. The van der Waals surface area contributed by atoms with Gasteiger partial charge in [0.2, 0.25) is 0 Å². The van der Waals surface area contributed by atoms with Crippen molar-refractivity contribution in [3.05, 3.63) is 35.6 Å². The SMILES string of the molecule is C[Si](C)(C)C(F)(F)c1ccc(F)cc1. The van der Waals surface area contributed by atoms with Gasteiger partial charge in [-0.05, 0) is 12.1 Å². The minimum atomic E-state index is -2.80. The highest BCUT2D eigenvalue weighted by Crippen LogP contribution is 2.37. The van der Waals surface area contributed by atoms with Crippen molar-refractivity contribution in [2.24, 2.45) is 0 Å². The number of alkyl halides is 2. The van der Waals surface area contributed by atoms with E-state index < -0.39 is 19.4 Å². The van der Waals surface area contributed by atoms with Gasteiger partial charge < -0.3 is 0 Å². The molecule has 4 heteroatoms. The lowest BCUT2D eigenvalue weighted by Crippen LogP contribution is -2.42. The first-order valence-electron chi connectivity index (χ1n) is 4.39. The number of rotatable bonds is 2. The van der Waals surface area contributed by atoms with Crippen LogP contribution in [0.15, 0.2) is 24.3 Å². The van der Waals surface area contributed by atoms with Gasteiger partial charge in [-0.1, -0.05) is 31.8 Å². The van der Waals surface area contributed by atoms with Crippen LogP contribution in [0.2, 0.25) is 19.6 Å². The molecule has 0 radical (unpaired) electrons. The van der Waals surface area contributed by atoms with E-state index in [1.165, 1.54) is 0 Å². The predicted octanol–water partition coefficient (Wildman–Crippen LogP) is 3.79. The van der Waals surface area contributed by atoms with Gasteiger partial charge in [-0.25, -0.2) is 13.2 Å². The third kappa shape index (κ3) is 2.00. The highest BCUT2D eigenvalue weighted by atomic mass is 28.3. The molecule has 1 rings (SSSR count). The topological polar surface area (TPSA) is 0 Å². The van der Waals surface area contributed by atoms with Crippen molar-refractivity contribution in [3.8, 4) is 0 Å². The summed E-state index contributed by atoms with van der Waals surface area (Å²) >= 11 is 0. The summed E-state index contributed by atoms with van der Waals surface area (Å²) in [6.45, 7) is 4.78. The lowest BCUT2D eigenvalue weighted by atomic mass is 10.2. The van der Waals surface area contributed by atoms with Crippen molar-refractivity contribution in [1.82, 2.24) is 0 Å². The fraction of sp³-hybridized carbons (Fsp3) is 0.400. The van der Waals surface area contributed by atoms with Crippen LogP contribution in [-0.4, -0.2) is 8.07 Å². The van der Waals surface area contributed by atoms with E-state index in [9.17, 15) is 13.2 Å². The number of hydrogen-bond donors (Lipinski definition) is 0. The maximum atomic E-state index is 13.7. The molecule has 78 valence electrons. The Balaban J connectivity index is 3.10. The summed E-state index contributed by atoms with van der Waals surface area (Å²) in [5.74, 6) is -0.486. The largest absolute Gasteiger partial charge is 0.253 e. The van der Waals surface area contributed by atoms with Crippen LogP contribution in [0.5, 0.6) is 0 Å². The van der Waals surface area contributed by atoms with Crippen LogP contribution in [0, 0.1) is 5.82 Å². The van der Waals surface area contributed by atoms with Gasteiger partial charge in [0, 0.05) is 5.56 Å². The Morgan fingerprint density at radius 2 is 1.43 bits per heavy atom. The molecule has 0 unspecified atom stereocenters. The molecular weight excluding hydrogens is 205 g/mol. The highest BCUT2D eigenvalue weighted by molar-refractivity contribution is 6.78. The molecule has 0 saturated carbocycles. The summed E-state index contributed by atoms with van der Waals surface area (Å²) in [6, 6.07) is 4.47. The van der Waals surface area contributed by atoms with Crippen molar-refractivity contribution in [2.45, 2.75) is 25.2 Å². The first kappa shape index (κ1) is 11.3. The molecule has 0 aliphatic carbocycles. The van der Waals surface area contributed by atoms with Gasteiger partial charge in [0.25, 0.3) is 5.55 Å². The van der Waals surface area contributed by atoms with E-state index in [1.54, 1.807) is 19.6 Å². The second-order valence-corrected chi connectivity index (χ2v) is 9.46. The molecule has 0 saturated heterocycles. The second-order valence-electron chi connectivity index (χ2n) is 4.33. The maximum Gasteiger partial charge on any atom is 0.253 e. The highest BCUT2D eigenvalue weighted by Gasteiger charge is 2.46. The standard InChI is InChI=1S/C10H13F3Si/c1-14(2,3)10(12,13)8-4-6-9(11)7-5-8/h4-7H,1-3H3. The third-order valence-electron chi connectivity index (χ3n) is 2.15. The monoisotopic (exact) mass is 218 g/mol. The fourth-order valence-corrected chi connectivity index (χ4v) is 2.12. The van der Waals surface area contributed by atoms with Gasteiger partial charge >= 0.3 is 0 Å². The van der Waals surface area contributed by atoms with Crippen LogP contribution in [0.25, 0.3) is 0 Å². The Morgan fingerprint density at radius 1 is 1.00 bits per heavy atom. The van der Waals surface area contributed by atoms with Gasteiger partial charge in [0.15, 0.2) is 0 Å². The van der Waals surface area contributed by atoms with Gasteiger partial charge in [0.05, 0.1) is 0 Å². The van der Waals surface area contributed by atoms with Crippen molar-refractivity contribution in [1.29, 1.82) is 0 Å². The molecule has 0 bridgehead atoms. The molecule has 1 aromatic rings. The lowest BCUT2D eigenvalue weighted by molar-refractivity contribution is 0.0794. The maximum absolute atomic E-state index is 13.7. The van der Waals surface area contributed by atoms with Crippen LogP contribution < -0.4 is 0 Å². The Hall–Kier alpha value is -0.773. The summed E-state index contributed by atoms with van der Waals surface area (Å²) in [6.07, 6.45) is 0. The van der Waals surface area contributed by atoms with Gasteiger partial charge in [-0.3, -0.25) is 0 Å². The van der Waals surface area contributed by atoms with E-state index in [1.807, 2.05) is 0 Å². The van der Waals surface area contributed by atoms with Crippen molar-refractivity contribution in [3.63, 3.8) is 0 Å². The first-order chi connectivity index (χ1) is 6.25. The Labute approximate surface area is 82.8 Å². The normalized spacial score (nSPS) is 13.0. The molecule has 0 N–H and O–H groups in total. The fourth-order valence-electron chi connectivity index (χ4n) is 1.09. The van der Waals surface area contributed by atoms with E-state index in [-0.39, 0.29) is 5.56 Å². The molecule has 0 fully saturated rings. The summed E-state index contributed by atoms with van der Waals surface area (Å²) in [7, 11) is -2.60. The van der Waals surface area contributed by atoms with Crippen molar-refractivity contribution < 1.29 is 13.2 Å². The number of hydrogen-bond acceptors (Lipinski definition) is 0. The predicted molar refractivity (Wildman–Crippen MR) is 53.6 cm³/mol. The molecule has 0 aromatic heterocycles. The van der Waals surface area contributed by atoms with E-state index in [4.69, 9.17) is 0 Å². The minimum Gasteiger partial charge on any atom is -0.207 e. The summed E-state index contributed by atoms with van der Waals surface area (Å²) in [5.41, 5.74) is -2.89. The second kappa shape index (κ2) is 3.42. The molecule has 1 aromatic carbocycles. The zero-order valence-corrected chi connectivity index (χ0v) is 9.44. The van der Waals surface area contributed by atoms with Crippen molar-refractivity contribution >= 4 is 8.07 Å². The number of benzene rings is 1. The molecule has 0 amide bonds. The van der Waals surface area contributed by atoms with E-state index in [0.717, 1.165) is 24.3 Å². The first-order valence-corrected chi connectivity index (χ1v) is 7.89. The zero-order valence-electron chi connectivity index (χ0n) is 8.44. The van der Waals surface area contributed by atoms with Crippen molar-refractivity contribution in [2.75, 3.05) is 0 Å². The Kier molecular flexibility index (Phi) is 2.76. The van der Waals surface area contributed by atoms with Gasteiger partial charge in [-0.15, -0.1) is 0 Å². The summed E-state index contributed by atoms with van der Waals surface area (Å²) in [5, 5.41) is 0. The van der Waals surface area contributed by atoms with E-state index in [2.05, 4.69) is 0 Å². The summed E-state index contributed by atoms with van der Waals surface area (Å²) in [4.78, 5) is 0. The third-order valence-corrected chi connectivity index (χ3v) is 4.32. The quantitative estimate of drug-likeness (QED) is 0.662. The van der Waals surface area contributed by atoms with E-state index in [0.29, 0.717) is 0 Å². The van der Waals surface area contributed by atoms with Crippen LogP contribution in [0.3, 0.4) is 0 Å². The molecule has 0 spiro atoms. The van der Waals surface area contributed by atoms with Crippen LogP contribution in [-0.2, 0) is 5.55 Å². The van der Waals surface area contributed by atoms with Gasteiger partial charge in [-0.2, -0.15) is 0 Å². The smallest absolute Gasteiger partial charge is 0.207 e. The molecular formula is C10H13F3Si. The molecule has 0 aliphatic heterocycles. The van der Waals surface area contributed by atoms with E-state index >= 15 is 0 Å². The van der Waals surface area contributed by atoms with Crippen LogP contribution in [0.4, 0.5) is 13.2 Å². The average Bonchev–Trinajstić information content (AvgIpc) is 2.03. The molecule has 0 atom stereocenters. The molecule has 14 heavy (non-hydrogen) atoms. The molecule has 0 nitrogen and oxygen atoms in total. The van der Waals surface area contributed by atoms with Gasteiger partial charge in [0.1, 0.15) is 13.9 Å². The van der Waals surface area contributed by atoms with Crippen LogP contribution in [0.1, 0.15) is 5.56 Å². The zero-order chi connectivity index (χ0) is 11.0.